The van der Waals surface area contributed by atoms with E-state index in [4.69, 9.17) is 0 Å². The molecule has 0 aromatic carbocycles. The lowest BCUT2D eigenvalue weighted by atomic mass is 10.1. The molecule has 2 heterocycles. The molecule has 0 bridgehead atoms. The lowest BCUT2D eigenvalue weighted by Gasteiger charge is -2.24. The molecule has 1 aromatic rings. The van der Waals surface area contributed by atoms with Gasteiger partial charge in [-0.3, -0.25) is 0 Å². The van der Waals surface area contributed by atoms with Crippen molar-refractivity contribution in [3.63, 3.8) is 0 Å². The molecule has 1 aromatic heterocycles. The molecule has 19 heavy (non-hydrogen) atoms. The van der Waals surface area contributed by atoms with Crippen LogP contribution in [0.25, 0.3) is 0 Å². The van der Waals surface area contributed by atoms with Crippen LogP contribution in [0.15, 0.2) is 11.6 Å². The van der Waals surface area contributed by atoms with Gasteiger partial charge in [-0.1, -0.05) is 6.92 Å². The van der Waals surface area contributed by atoms with Crippen molar-refractivity contribution in [2.75, 3.05) is 19.6 Å². The van der Waals surface area contributed by atoms with E-state index in [0.717, 1.165) is 6.54 Å². The van der Waals surface area contributed by atoms with Gasteiger partial charge in [0, 0.05) is 36.1 Å². The lowest BCUT2D eigenvalue weighted by molar-refractivity contribution is 0.229. The molecule has 0 amide bonds. The molecule has 1 N–H and O–H groups in total. The van der Waals surface area contributed by atoms with Gasteiger partial charge in [-0.15, -0.1) is 11.3 Å². The smallest absolute Gasteiger partial charge is 0.0965 e. The third kappa shape index (κ3) is 4.55. The summed E-state index contributed by atoms with van der Waals surface area (Å²) in [6, 6.07) is 1.37. The lowest BCUT2D eigenvalue weighted by Crippen LogP contribution is -2.35. The van der Waals surface area contributed by atoms with Crippen LogP contribution in [0.5, 0.6) is 0 Å². The van der Waals surface area contributed by atoms with Crippen molar-refractivity contribution in [3.05, 3.63) is 16.6 Å². The van der Waals surface area contributed by atoms with Gasteiger partial charge in [-0.25, -0.2) is 4.98 Å². The van der Waals surface area contributed by atoms with Crippen LogP contribution in [0, 0.1) is 0 Å². The maximum Gasteiger partial charge on any atom is 0.0965 e. The number of hydrogen-bond donors (Lipinski definition) is 1. The van der Waals surface area contributed by atoms with E-state index in [-0.39, 0.29) is 0 Å². The highest BCUT2D eigenvalue weighted by atomic mass is 32.1. The fourth-order valence-corrected chi connectivity index (χ4v) is 3.45. The minimum absolute atomic E-state index is 0.532. The molecular formula is C15H27N3S. The maximum atomic E-state index is 4.40. The van der Waals surface area contributed by atoms with Crippen molar-refractivity contribution < 1.29 is 0 Å². The molecule has 0 saturated carbocycles. The zero-order valence-corrected chi connectivity index (χ0v) is 13.2. The van der Waals surface area contributed by atoms with E-state index in [1.54, 1.807) is 11.3 Å². The molecule has 3 nitrogen and oxygen atoms in total. The first-order valence-electron chi connectivity index (χ1n) is 7.53. The number of rotatable bonds is 5. The average Bonchev–Trinajstić information content (AvgIpc) is 2.81. The Morgan fingerprint density at radius 3 is 2.89 bits per heavy atom. The summed E-state index contributed by atoms with van der Waals surface area (Å²) in [7, 11) is 0. The fraction of sp³-hybridized carbons (Fsp3) is 0.800. The van der Waals surface area contributed by atoms with Crippen molar-refractivity contribution in [2.45, 2.75) is 58.0 Å². The molecule has 2 unspecified atom stereocenters. The summed E-state index contributed by atoms with van der Waals surface area (Å²) in [6.07, 6.45) is 5.82. The Morgan fingerprint density at radius 2 is 2.21 bits per heavy atom. The van der Waals surface area contributed by atoms with Gasteiger partial charge < -0.3 is 10.2 Å². The summed E-state index contributed by atoms with van der Waals surface area (Å²) in [4.78, 5) is 7.01. The second-order valence-corrected chi connectivity index (χ2v) is 6.86. The highest BCUT2D eigenvalue weighted by Gasteiger charge is 2.19. The van der Waals surface area contributed by atoms with Crippen LogP contribution in [0.2, 0.25) is 0 Å². The third-order valence-corrected chi connectivity index (χ3v) is 5.09. The second-order valence-electron chi connectivity index (χ2n) is 5.94. The SMILES string of the molecule is CC(CNC1CCCN(C(C)C)CC1)c1nccs1. The zero-order chi connectivity index (χ0) is 13.7. The molecule has 108 valence electrons. The number of nitrogens with zero attached hydrogens (tertiary/aromatic N) is 2. The van der Waals surface area contributed by atoms with Gasteiger partial charge in [0.15, 0.2) is 0 Å². The van der Waals surface area contributed by atoms with E-state index < -0.39 is 0 Å². The van der Waals surface area contributed by atoms with E-state index >= 15 is 0 Å². The van der Waals surface area contributed by atoms with E-state index in [1.807, 2.05) is 6.20 Å². The highest BCUT2D eigenvalue weighted by molar-refractivity contribution is 7.09. The van der Waals surface area contributed by atoms with Gasteiger partial charge in [-0.2, -0.15) is 0 Å². The summed E-state index contributed by atoms with van der Waals surface area (Å²) < 4.78 is 0. The van der Waals surface area contributed by atoms with Crippen molar-refractivity contribution >= 4 is 11.3 Å². The largest absolute Gasteiger partial charge is 0.313 e. The monoisotopic (exact) mass is 281 g/mol. The summed E-state index contributed by atoms with van der Waals surface area (Å²) in [5.41, 5.74) is 0. The summed E-state index contributed by atoms with van der Waals surface area (Å²) in [5.74, 6) is 0.532. The first kappa shape index (κ1) is 14.9. The Labute approximate surface area is 121 Å². The molecule has 2 atom stereocenters. The molecule has 1 saturated heterocycles. The molecule has 0 aliphatic carbocycles. The third-order valence-electron chi connectivity index (χ3n) is 4.08. The average molecular weight is 281 g/mol. The molecule has 4 heteroatoms. The van der Waals surface area contributed by atoms with Gasteiger partial charge in [0.1, 0.15) is 0 Å². The number of likely N-dealkylation sites (tertiary alicyclic amines) is 1. The van der Waals surface area contributed by atoms with E-state index in [0.29, 0.717) is 18.0 Å². The Hall–Kier alpha value is -0.450. The predicted molar refractivity (Wildman–Crippen MR) is 82.9 cm³/mol. The summed E-state index contributed by atoms with van der Waals surface area (Å²) in [5, 5.41) is 7.07. The minimum atomic E-state index is 0.532. The van der Waals surface area contributed by atoms with Gasteiger partial charge in [0.25, 0.3) is 0 Å². The summed E-state index contributed by atoms with van der Waals surface area (Å²) >= 11 is 1.77. The Bertz CT molecular complexity index is 350. The normalized spacial score (nSPS) is 23.5. The Balaban J connectivity index is 1.74. The number of aromatic nitrogens is 1. The predicted octanol–water partition coefficient (Wildman–Crippen LogP) is 3.10. The first-order valence-corrected chi connectivity index (χ1v) is 8.41. The van der Waals surface area contributed by atoms with Crippen LogP contribution in [-0.4, -0.2) is 41.6 Å². The van der Waals surface area contributed by atoms with Gasteiger partial charge in [0.05, 0.1) is 5.01 Å². The molecule has 0 radical (unpaired) electrons. The van der Waals surface area contributed by atoms with Crippen LogP contribution >= 0.6 is 11.3 Å². The number of nitrogens with one attached hydrogen (secondary N) is 1. The second kappa shape index (κ2) is 7.36. The summed E-state index contributed by atoms with van der Waals surface area (Å²) in [6.45, 7) is 10.4. The number of hydrogen-bond acceptors (Lipinski definition) is 4. The van der Waals surface area contributed by atoms with Crippen LogP contribution in [0.1, 0.15) is 51.0 Å². The standard InChI is InChI=1S/C15H27N3S/c1-12(2)18-8-4-5-14(6-9-18)17-11-13(3)15-16-7-10-19-15/h7,10,12-14,17H,4-6,8-9,11H2,1-3H3. The maximum absolute atomic E-state index is 4.40. The highest BCUT2D eigenvalue weighted by Crippen LogP contribution is 2.18. The molecule has 1 aliphatic rings. The van der Waals surface area contributed by atoms with Crippen molar-refractivity contribution in [2.24, 2.45) is 0 Å². The van der Waals surface area contributed by atoms with Crippen LogP contribution < -0.4 is 5.32 Å². The molecule has 0 spiro atoms. The molecule has 1 fully saturated rings. The Kier molecular flexibility index (Phi) is 5.79. The number of thiazole rings is 1. The van der Waals surface area contributed by atoms with Crippen LogP contribution in [0.4, 0.5) is 0 Å². The van der Waals surface area contributed by atoms with Crippen molar-refractivity contribution in [3.8, 4) is 0 Å². The quantitative estimate of drug-likeness (QED) is 0.899. The minimum Gasteiger partial charge on any atom is -0.313 e. The molecular weight excluding hydrogens is 254 g/mol. The molecule has 2 rings (SSSR count). The zero-order valence-electron chi connectivity index (χ0n) is 12.4. The first-order chi connectivity index (χ1) is 9.16. The van der Waals surface area contributed by atoms with Gasteiger partial charge in [-0.05, 0) is 46.2 Å². The topological polar surface area (TPSA) is 28.2 Å². The van der Waals surface area contributed by atoms with E-state index in [1.165, 1.54) is 37.4 Å². The van der Waals surface area contributed by atoms with E-state index in [9.17, 15) is 0 Å². The van der Waals surface area contributed by atoms with E-state index in [2.05, 4.69) is 41.4 Å². The molecule has 1 aliphatic heterocycles. The van der Waals surface area contributed by atoms with Gasteiger partial charge in [0.2, 0.25) is 0 Å². The van der Waals surface area contributed by atoms with Crippen molar-refractivity contribution in [1.29, 1.82) is 0 Å². The van der Waals surface area contributed by atoms with Crippen LogP contribution in [0.3, 0.4) is 0 Å². The van der Waals surface area contributed by atoms with Gasteiger partial charge >= 0.3 is 0 Å². The van der Waals surface area contributed by atoms with Crippen LogP contribution in [-0.2, 0) is 0 Å². The van der Waals surface area contributed by atoms with Crippen molar-refractivity contribution in [1.82, 2.24) is 15.2 Å². The fourth-order valence-electron chi connectivity index (χ4n) is 2.75. The Morgan fingerprint density at radius 1 is 1.37 bits per heavy atom.